The van der Waals surface area contributed by atoms with Crippen molar-refractivity contribution in [2.24, 2.45) is 0 Å². The van der Waals surface area contributed by atoms with Crippen LogP contribution in [0.25, 0.3) is 0 Å². The molecule has 1 N–H and O–H groups in total. The second-order valence-corrected chi connectivity index (χ2v) is 2.71. The largest absolute Gasteiger partial charge is 0.310 e. The molecule has 0 saturated carbocycles. The van der Waals surface area contributed by atoms with Crippen molar-refractivity contribution in [3.63, 3.8) is 0 Å². The molecule has 0 rings (SSSR count). The summed E-state index contributed by atoms with van der Waals surface area (Å²) >= 11 is 0. The van der Waals surface area contributed by atoms with Crippen molar-refractivity contribution in [1.82, 2.24) is 0 Å². The maximum atomic E-state index is 6.50. The van der Waals surface area contributed by atoms with Gasteiger partial charge in [0.1, 0.15) is 0 Å². The van der Waals surface area contributed by atoms with E-state index in [1.54, 1.807) is 13.8 Å². The van der Waals surface area contributed by atoms with Crippen molar-refractivity contribution in [3.05, 3.63) is 0 Å². The van der Waals surface area contributed by atoms with Gasteiger partial charge in [-0.05, 0) is 13.8 Å². The zero-order valence-corrected chi connectivity index (χ0v) is 9.12. The second-order valence-electron chi connectivity index (χ2n) is 2.71. The van der Waals surface area contributed by atoms with Gasteiger partial charge < -0.3 is 5.41 Å². The molecular formula is C10H25N. The van der Waals surface area contributed by atoms with E-state index in [0.29, 0.717) is 5.71 Å². The average Bonchev–Trinajstić information content (AvgIpc) is 1.88. The quantitative estimate of drug-likeness (QED) is 0.552. The topological polar surface area (TPSA) is 23.9 Å². The molecule has 70 valence electrons. The van der Waals surface area contributed by atoms with Crippen LogP contribution in [0.5, 0.6) is 0 Å². The Balaban J connectivity index is -0.0000000886. The van der Waals surface area contributed by atoms with Crippen molar-refractivity contribution in [1.29, 1.82) is 5.41 Å². The van der Waals surface area contributed by atoms with Gasteiger partial charge in [0.15, 0.2) is 0 Å². The van der Waals surface area contributed by atoms with Gasteiger partial charge in [-0.2, -0.15) is 0 Å². The van der Waals surface area contributed by atoms with E-state index in [2.05, 4.69) is 27.7 Å². The zero-order valence-electron chi connectivity index (χ0n) is 9.12. The van der Waals surface area contributed by atoms with Gasteiger partial charge in [-0.1, -0.05) is 47.0 Å². The molecule has 0 aliphatic carbocycles. The van der Waals surface area contributed by atoms with Crippen LogP contribution in [-0.4, -0.2) is 5.71 Å². The van der Waals surface area contributed by atoms with Gasteiger partial charge in [0.25, 0.3) is 0 Å². The number of hydrogen-bond acceptors (Lipinski definition) is 1. The van der Waals surface area contributed by atoms with Crippen LogP contribution in [0.2, 0.25) is 0 Å². The van der Waals surface area contributed by atoms with E-state index in [1.165, 1.54) is 19.3 Å². The predicted octanol–water partition coefficient (Wildman–Crippen LogP) is 4.27. The first-order valence-electron chi connectivity index (χ1n) is 4.58. The van der Waals surface area contributed by atoms with Crippen LogP contribution in [0.3, 0.4) is 0 Å². The van der Waals surface area contributed by atoms with Crippen LogP contribution >= 0.6 is 0 Å². The summed E-state index contributed by atoms with van der Waals surface area (Å²) in [5.74, 6) is 0. The first-order valence-corrected chi connectivity index (χ1v) is 4.58. The smallest absolute Gasteiger partial charge is 0.00272 e. The molecule has 0 aromatic heterocycles. The summed E-state index contributed by atoms with van der Waals surface area (Å²) in [6.45, 7) is 12.1. The summed E-state index contributed by atoms with van der Waals surface area (Å²) in [6, 6.07) is 0. The lowest BCUT2D eigenvalue weighted by atomic mass is 10.4. The van der Waals surface area contributed by atoms with Crippen molar-refractivity contribution in [2.75, 3.05) is 0 Å². The summed E-state index contributed by atoms with van der Waals surface area (Å²) in [6.07, 6.45) is 3.89. The van der Waals surface area contributed by atoms with Crippen LogP contribution in [0.4, 0.5) is 0 Å². The van der Waals surface area contributed by atoms with Crippen LogP contribution in [-0.2, 0) is 0 Å². The molecule has 0 saturated heterocycles. The fourth-order valence-electron chi connectivity index (χ4n) is 0. The van der Waals surface area contributed by atoms with Gasteiger partial charge in [-0.3, -0.25) is 0 Å². The van der Waals surface area contributed by atoms with E-state index in [-0.39, 0.29) is 0 Å². The van der Waals surface area contributed by atoms with Crippen molar-refractivity contribution in [3.8, 4) is 0 Å². The van der Waals surface area contributed by atoms with E-state index >= 15 is 0 Å². The Morgan fingerprint density at radius 3 is 1.00 bits per heavy atom. The zero-order chi connectivity index (χ0) is 9.70. The highest BCUT2D eigenvalue weighted by atomic mass is 14.3. The van der Waals surface area contributed by atoms with Crippen molar-refractivity contribution >= 4 is 5.71 Å². The Morgan fingerprint density at radius 1 is 0.909 bits per heavy atom. The lowest BCUT2D eigenvalue weighted by Crippen LogP contribution is -1.67. The Bertz CT molecular complexity index is 51.9. The van der Waals surface area contributed by atoms with Crippen LogP contribution in [0.15, 0.2) is 0 Å². The van der Waals surface area contributed by atoms with E-state index in [0.717, 1.165) is 0 Å². The fraction of sp³-hybridized carbons (Fsp3) is 0.900. The summed E-state index contributed by atoms with van der Waals surface area (Å²) in [7, 11) is 0. The minimum atomic E-state index is 0.667. The highest BCUT2D eigenvalue weighted by molar-refractivity contribution is 5.75. The Morgan fingerprint density at radius 2 is 1.00 bits per heavy atom. The molecule has 1 heteroatoms. The maximum Gasteiger partial charge on any atom is 0.00272 e. The molecule has 0 aliphatic heterocycles. The molecule has 0 aliphatic rings. The molecule has 0 heterocycles. The van der Waals surface area contributed by atoms with E-state index in [4.69, 9.17) is 5.41 Å². The molecule has 1 nitrogen and oxygen atoms in total. The normalized spacial score (nSPS) is 6.73. The Labute approximate surface area is 72.7 Å². The van der Waals surface area contributed by atoms with Gasteiger partial charge in [0.05, 0.1) is 0 Å². The molecule has 0 fully saturated rings. The first-order chi connectivity index (χ1) is 5.06. The monoisotopic (exact) mass is 159 g/mol. The standard InChI is InChI=1S/C4H10.C3H7N.C3H8/c1-3-4-2;1-3(2)4;1-3-2/h3-4H2,1-2H3;4H,1-2H3;3H2,1-2H3. The van der Waals surface area contributed by atoms with Crippen molar-refractivity contribution < 1.29 is 0 Å². The number of unbranched alkanes of at least 4 members (excludes halogenated alkanes) is 1. The molecule has 0 aromatic rings. The molecule has 0 amide bonds. The highest BCUT2D eigenvalue weighted by Gasteiger charge is 1.56. The summed E-state index contributed by atoms with van der Waals surface area (Å²) in [5, 5.41) is 6.50. The van der Waals surface area contributed by atoms with E-state index in [1.807, 2.05) is 0 Å². The highest BCUT2D eigenvalue weighted by Crippen LogP contribution is 1.76. The number of nitrogens with one attached hydrogen (secondary N) is 1. The van der Waals surface area contributed by atoms with Crippen LogP contribution in [0, 0.1) is 5.41 Å². The third-order valence-electron chi connectivity index (χ3n) is 0.500. The molecule has 11 heavy (non-hydrogen) atoms. The molecular weight excluding hydrogens is 134 g/mol. The fourth-order valence-corrected chi connectivity index (χ4v) is 0. The first kappa shape index (κ1) is 17.0. The van der Waals surface area contributed by atoms with Crippen LogP contribution in [0.1, 0.15) is 60.8 Å². The lowest BCUT2D eigenvalue weighted by Gasteiger charge is -1.68. The van der Waals surface area contributed by atoms with Gasteiger partial charge in [-0.25, -0.2) is 0 Å². The molecule has 0 aromatic carbocycles. The van der Waals surface area contributed by atoms with Gasteiger partial charge in [0.2, 0.25) is 0 Å². The molecule has 0 bridgehead atoms. The molecule has 0 atom stereocenters. The molecule has 0 radical (unpaired) electrons. The van der Waals surface area contributed by atoms with E-state index < -0.39 is 0 Å². The maximum absolute atomic E-state index is 6.50. The number of hydrogen-bond donors (Lipinski definition) is 1. The third kappa shape index (κ3) is 1270. The summed E-state index contributed by atoms with van der Waals surface area (Å²) in [5.41, 5.74) is 0.667. The Hall–Kier alpha value is -0.330. The second kappa shape index (κ2) is 22.6. The number of rotatable bonds is 1. The minimum absolute atomic E-state index is 0.667. The van der Waals surface area contributed by atoms with Crippen molar-refractivity contribution in [2.45, 2.75) is 60.8 Å². The predicted molar refractivity (Wildman–Crippen MR) is 55.6 cm³/mol. The SMILES string of the molecule is CC(C)=N.CCC.CCCC. The van der Waals surface area contributed by atoms with Gasteiger partial charge >= 0.3 is 0 Å². The van der Waals surface area contributed by atoms with Gasteiger partial charge in [-0.15, -0.1) is 0 Å². The Kier molecular flexibility index (Phi) is 34.9. The third-order valence-corrected chi connectivity index (χ3v) is 0.500. The van der Waals surface area contributed by atoms with Crippen LogP contribution < -0.4 is 0 Å². The molecule has 0 unspecified atom stereocenters. The van der Waals surface area contributed by atoms with Gasteiger partial charge in [0, 0.05) is 5.71 Å². The molecule has 0 spiro atoms. The average molecular weight is 159 g/mol. The lowest BCUT2D eigenvalue weighted by molar-refractivity contribution is 0.886. The summed E-state index contributed by atoms with van der Waals surface area (Å²) in [4.78, 5) is 0. The van der Waals surface area contributed by atoms with E-state index in [9.17, 15) is 0 Å². The summed E-state index contributed by atoms with van der Waals surface area (Å²) < 4.78 is 0. The minimum Gasteiger partial charge on any atom is -0.310 e.